The molecule has 1 rings (SSSR count). The lowest BCUT2D eigenvalue weighted by Gasteiger charge is -2.55. The molecule has 0 aliphatic carbocycles. The van der Waals surface area contributed by atoms with Gasteiger partial charge in [-0.05, 0) is 47.5 Å². The lowest BCUT2D eigenvalue weighted by atomic mass is 9.78. The molecule has 1 aliphatic rings. The van der Waals surface area contributed by atoms with Crippen LogP contribution < -0.4 is 0 Å². The van der Waals surface area contributed by atoms with E-state index in [1.54, 1.807) is 0 Å². The Morgan fingerprint density at radius 1 is 1.19 bits per heavy atom. The van der Waals surface area contributed by atoms with E-state index >= 15 is 0 Å². The zero-order valence-corrected chi connectivity index (χ0v) is 11.4. The van der Waals surface area contributed by atoms with E-state index in [2.05, 4.69) is 39.5 Å². The fraction of sp³-hybridized carbons (Fsp3) is 1.00. The van der Waals surface area contributed by atoms with Crippen molar-refractivity contribution in [2.75, 3.05) is 19.8 Å². The molecule has 16 heavy (non-hydrogen) atoms. The van der Waals surface area contributed by atoms with Gasteiger partial charge in [-0.1, -0.05) is 0 Å². The molecule has 1 fully saturated rings. The fourth-order valence-electron chi connectivity index (χ4n) is 3.29. The van der Waals surface area contributed by atoms with E-state index in [1.807, 2.05) is 0 Å². The van der Waals surface area contributed by atoms with Crippen LogP contribution in [0, 0.1) is 0 Å². The zero-order chi connectivity index (χ0) is 12.4. The number of hydrogen-bond donors (Lipinski definition) is 1. The number of piperidine rings is 1. The van der Waals surface area contributed by atoms with E-state index in [4.69, 9.17) is 4.74 Å². The normalized spacial score (nSPS) is 25.9. The largest absolute Gasteiger partial charge is 0.395 e. The quantitative estimate of drug-likeness (QED) is 0.800. The van der Waals surface area contributed by atoms with Crippen LogP contribution >= 0.6 is 0 Å². The first kappa shape index (κ1) is 13.9. The van der Waals surface area contributed by atoms with Gasteiger partial charge in [0.05, 0.1) is 12.7 Å². The monoisotopic (exact) mass is 229 g/mol. The highest BCUT2D eigenvalue weighted by Gasteiger charge is 2.44. The smallest absolute Gasteiger partial charge is 0.0609 e. The Hall–Kier alpha value is -0.120. The summed E-state index contributed by atoms with van der Waals surface area (Å²) in [6, 6.07) is 0. The van der Waals surface area contributed by atoms with Gasteiger partial charge in [-0.2, -0.15) is 0 Å². The number of nitrogens with zero attached hydrogens (tertiary/aromatic N) is 1. The molecule has 1 N–H and O–H groups in total. The van der Waals surface area contributed by atoms with Crippen molar-refractivity contribution in [3.63, 3.8) is 0 Å². The maximum Gasteiger partial charge on any atom is 0.0609 e. The summed E-state index contributed by atoms with van der Waals surface area (Å²) >= 11 is 0. The second-order valence-electron chi connectivity index (χ2n) is 5.99. The molecule has 3 heteroatoms. The lowest BCUT2D eigenvalue weighted by Crippen LogP contribution is -2.62. The van der Waals surface area contributed by atoms with Crippen molar-refractivity contribution in [1.82, 2.24) is 4.90 Å². The minimum absolute atomic E-state index is 0.102. The average molecular weight is 229 g/mol. The zero-order valence-electron chi connectivity index (χ0n) is 11.4. The Bertz CT molecular complexity index is 208. The predicted molar refractivity (Wildman–Crippen MR) is 66.6 cm³/mol. The van der Waals surface area contributed by atoms with Crippen LogP contribution in [0.3, 0.4) is 0 Å². The summed E-state index contributed by atoms with van der Waals surface area (Å²) in [7, 11) is 0. The molecule has 96 valence electrons. The number of β-amino-alcohol motifs (C(OH)–C–C–N with tert-alkyl or cyclic N) is 1. The predicted octanol–water partition coefficient (Wildman–Crippen LogP) is 2.04. The molecular formula is C13H27NO2. The molecule has 1 saturated heterocycles. The van der Waals surface area contributed by atoms with Gasteiger partial charge in [-0.25, -0.2) is 0 Å². The van der Waals surface area contributed by atoms with Crippen molar-refractivity contribution in [3.8, 4) is 0 Å². The van der Waals surface area contributed by atoms with Crippen LogP contribution in [0.5, 0.6) is 0 Å². The van der Waals surface area contributed by atoms with Gasteiger partial charge in [0.25, 0.3) is 0 Å². The molecule has 1 aliphatic heterocycles. The Labute approximate surface area is 99.8 Å². The minimum Gasteiger partial charge on any atom is -0.395 e. The Kier molecular flexibility index (Phi) is 4.38. The molecule has 0 aromatic rings. The number of likely N-dealkylation sites (tertiary alicyclic amines) is 1. The van der Waals surface area contributed by atoms with Crippen LogP contribution in [0.25, 0.3) is 0 Å². The van der Waals surface area contributed by atoms with E-state index in [1.165, 1.54) is 0 Å². The van der Waals surface area contributed by atoms with Crippen molar-refractivity contribution in [1.29, 1.82) is 0 Å². The summed E-state index contributed by atoms with van der Waals surface area (Å²) in [5, 5.41) is 9.18. The standard InChI is InChI=1S/C13H27NO2/c1-6-16-11-9-12(2,3)14(7-8-15)13(4,5)10-11/h11,15H,6-10H2,1-5H3. The Balaban J connectivity index is 2.80. The van der Waals surface area contributed by atoms with Crippen molar-refractivity contribution in [2.24, 2.45) is 0 Å². The van der Waals surface area contributed by atoms with E-state index in [9.17, 15) is 5.11 Å². The van der Waals surface area contributed by atoms with Crippen molar-refractivity contribution in [3.05, 3.63) is 0 Å². The molecule has 0 radical (unpaired) electrons. The van der Waals surface area contributed by atoms with Gasteiger partial charge in [-0.15, -0.1) is 0 Å². The molecule has 0 aromatic heterocycles. The average Bonchev–Trinajstić information content (AvgIpc) is 2.10. The lowest BCUT2D eigenvalue weighted by molar-refractivity contribution is -0.105. The maximum absolute atomic E-state index is 9.18. The SMILES string of the molecule is CCOC1CC(C)(C)N(CCO)C(C)(C)C1. The van der Waals surface area contributed by atoms with Crippen molar-refractivity contribution < 1.29 is 9.84 Å². The maximum atomic E-state index is 9.18. The molecule has 0 aromatic carbocycles. The number of hydrogen-bond acceptors (Lipinski definition) is 3. The highest BCUT2D eigenvalue weighted by atomic mass is 16.5. The first-order valence-corrected chi connectivity index (χ1v) is 6.33. The molecule has 0 spiro atoms. The summed E-state index contributed by atoms with van der Waals surface area (Å²) in [6.07, 6.45) is 2.44. The number of ether oxygens (including phenoxy) is 1. The summed E-state index contributed by atoms with van der Waals surface area (Å²) < 4.78 is 5.79. The topological polar surface area (TPSA) is 32.7 Å². The molecule has 0 atom stereocenters. The first-order valence-electron chi connectivity index (χ1n) is 6.33. The second kappa shape index (κ2) is 5.03. The van der Waals surface area contributed by atoms with Gasteiger partial charge in [0.2, 0.25) is 0 Å². The van der Waals surface area contributed by atoms with Crippen LogP contribution in [0.4, 0.5) is 0 Å². The fourth-order valence-corrected chi connectivity index (χ4v) is 3.29. The van der Waals surface area contributed by atoms with Crippen LogP contribution in [0.1, 0.15) is 47.5 Å². The van der Waals surface area contributed by atoms with Crippen LogP contribution in [-0.2, 0) is 4.74 Å². The molecule has 0 bridgehead atoms. The van der Waals surface area contributed by atoms with Crippen LogP contribution in [-0.4, -0.2) is 46.9 Å². The molecule has 0 saturated carbocycles. The van der Waals surface area contributed by atoms with Crippen molar-refractivity contribution >= 4 is 0 Å². The molecule has 0 amide bonds. The van der Waals surface area contributed by atoms with Crippen molar-refractivity contribution in [2.45, 2.75) is 64.6 Å². The number of rotatable bonds is 4. The third-order valence-corrected chi connectivity index (χ3v) is 3.64. The van der Waals surface area contributed by atoms with E-state index < -0.39 is 0 Å². The minimum atomic E-state index is 0.102. The third kappa shape index (κ3) is 2.96. The highest BCUT2D eigenvalue weighted by Crippen LogP contribution is 2.39. The van der Waals surface area contributed by atoms with Gasteiger partial charge in [0.15, 0.2) is 0 Å². The Morgan fingerprint density at radius 2 is 1.69 bits per heavy atom. The Morgan fingerprint density at radius 3 is 2.06 bits per heavy atom. The van der Waals surface area contributed by atoms with E-state index in [-0.39, 0.29) is 17.7 Å². The summed E-state index contributed by atoms with van der Waals surface area (Å²) in [4.78, 5) is 2.41. The summed E-state index contributed by atoms with van der Waals surface area (Å²) in [6.45, 7) is 12.8. The molecule has 3 nitrogen and oxygen atoms in total. The summed E-state index contributed by atoms with van der Waals surface area (Å²) in [5.74, 6) is 0. The van der Waals surface area contributed by atoms with E-state index in [0.717, 1.165) is 26.0 Å². The van der Waals surface area contributed by atoms with Crippen LogP contribution in [0.2, 0.25) is 0 Å². The third-order valence-electron chi connectivity index (χ3n) is 3.64. The summed E-state index contributed by atoms with van der Waals surface area (Å²) in [5.41, 5.74) is 0.203. The van der Waals surface area contributed by atoms with Gasteiger partial charge in [0.1, 0.15) is 0 Å². The van der Waals surface area contributed by atoms with Gasteiger partial charge in [-0.3, -0.25) is 4.90 Å². The van der Waals surface area contributed by atoms with Gasteiger partial charge in [0, 0.05) is 24.2 Å². The van der Waals surface area contributed by atoms with Gasteiger partial charge >= 0.3 is 0 Å². The number of aliphatic hydroxyl groups is 1. The molecule has 0 unspecified atom stereocenters. The second-order valence-corrected chi connectivity index (χ2v) is 5.99. The molecule has 1 heterocycles. The van der Waals surface area contributed by atoms with Crippen LogP contribution in [0.15, 0.2) is 0 Å². The van der Waals surface area contributed by atoms with E-state index in [0.29, 0.717) is 6.10 Å². The number of aliphatic hydroxyl groups excluding tert-OH is 1. The molecular weight excluding hydrogens is 202 g/mol. The first-order chi connectivity index (χ1) is 7.33. The van der Waals surface area contributed by atoms with Gasteiger partial charge < -0.3 is 9.84 Å². The highest BCUT2D eigenvalue weighted by molar-refractivity contribution is 5.00.